The summed E-state index contributed by atoms with van der Waals surface area (Å²) in [5.74, 6) is -0.402. The molecule has 1 amide bonds. The monoisotopic (exact) mass is 306 g/mol. The van der Waals surface area contributed by atoms with E-state index in [1.807, 2.05) is 20.8 Å². The van der Waals surface area contributed by atoms with Gasteiger partial charge in [0.2, 0.25) is 5.91 Å². The molecule has 0 aliphatic carbocycles. The van der Waals surface area contributed by atoms with Crippen LogP contribution in [0.1, 0.15) is 32.1 Å². The number of hydrogen-bond donors (Lipinski definition) is 0. The highest BCUT2D eigenvalue weighted by Gasteiger charge is 2.40. The molecule has 0 N–H and O–H groups in total. The number of amides is 1. The summed E-state index contributed by atoms with van der Waals surface area (Å²) < 4.78 is 34.6. The van der Waals surface area contributed by atoms with E-state index in [1.165, 1.54) is 16.2 Å². The molecule has 2 rings (SSSR count). The van der Waals surface area contributed by atoms with Gasteiger partial charge < -0.3 is 0 Å². The van der Waals surface area contributed by atoms with Crippen LogP contribution in [0.5, 0.6) is 0 Å². The van der Waals surface area contributed by atoms with Crippen molar-refractivity contribution < 1.29 is 17.1 Å². The van der Waals surface area contributed by atoms with Crippen molar-refractivity contribution in [2.24, 2.45) is 0 Å². The minimum absolute atomic E-state index is 0.0930. The lowest BCUT2D eigenvalue weighted by molar-refractivity contribution is -0.117. The third-order valence-corrected chi connectivity index (χ3v) is 5.51. The minimum atomic E-state index is -4.68. The maximum atomic E-state index is 12.9. The standard InChI is InChI=1S/C11H15FN2O3S2/c1-11(2,3)8-5-13-10(18-8)14-6-7(4-9(14)15)19(12,16)17/h5,7H,4,6H2,1-3H3. The third kappa shape index (κ3) is 2.94. The highest BCUT2D eigenvalue weighted by molar-refractivity contribution is 7.87. The molecule has 1 aliphatic rings. The van der Waals surface area contributed by atoms with E-state index in [0.29, 0.717) is 5.13 Å². The molecule has 2 heterocycles. The van der Waals surface area contributed by atoms with Crippen molar-refractivity contribution in [3.63, 3.8) is 0 Å². The predicted octanol–water partition coefficient (Wildman–Crippen LogP) is 1.85. The first-order chi connectivity index (χ1) is 8.59. The van der Waals surface area contributed by atoms with Gasteiger partial charge in [0.15, 0.2) is 5.13 Å². The topological polar surface area (TPSA) is 67.3 Å². The number of carbonyl (C=O) groups is 1. The fraction of sp³-hybridized carbons (Fsp3) is 0.636. The summed E-state index contributed by atoms with van der Waals surface area (Å²) in [5, 5.41) is -0.844. The summed E-state index contributed by atoms with van der Waals surface area (Å²) in [4.78, 5) is 18.1. The van der Waals surface area contributed by atoms with Gasteiger partial charge >= 0.3 is 10.2 Å². The number of rotatable bonds is 2. The van der Waals surface area contributed by atoms with Crippen molar-refractivity contribution in [3.8, 4) is 0 Å². The quantitative estimate of drug-likeness (QED) is 0.782. The van der Waals surface area contributed by atoms with Gasteiger partial charge in [0.1, 0.15) is 5.25 Å². The van der Waals surface area contributed by atoms with Gasteiger partial charge in [0.05, 0.1) is 0 Å². The summed E-state index contributed by atoms with van der Waals surface area (Å²) in [7, 11) is -4.68. The molecule has 1 unspecified atom stereocenters. The normalized spacial score (nSPS) is 21.2. The number of hydrogen-bond acceptors (Lipinski definition) is 5. The molecule has 1 aromatic heterocycles. The third-order valence-electron chi connectivity index (χ3n) is 2.95. The van der Waals surface area contributed by atoms with Crippen LogP contribution >= 0.6 is 11.3 Å². The van der Waals surface area contributed by atoms with Gasteiger partial charge in [0, 0.05) is 24.0 Å². The Kier molecular flexibility index (Phi) is 3.42. The summed E-state index contributed by atoms with van der Waals surface area (Å²) >= 11 is 1.33. The lowest BCUT2D eigenvalue weighted by Crippen LogP contribution is -2.26. The van der Waals surface area contributed by atoms with Crippen molar-refractivity contribution in [2.75, 3.05) is 11.4 Å². The zero-order valence-corrected chi connectivity index (χ0v) is 12.5. The fourth-order valence-electron chi connectivity index (χ4n) is 1.78. The number of aromatic nitrogens is 1. The minimum Gasteiger partial charge on any atom is -0.287 e. The van der Waals surface area contributed by atoms with Crippen LogP contribution in [0.25, 0.3) is 0 Å². The van der Waals surface area contributed by atoms with Gasteiger partial charge in [-0.15, -0.1) is 15.2 Å². The van der Waals surface area contributed by atoms with Crippen LogP contribution in [0.15, 0.2) is 6.20 Å². The van der Waals surface area contributed by atoms with Gasteiger partial charge in [-0.2, -0.15) is 8.42 Å². The Labute approximate surface area is 115 Å². The average molecular weight is 306 g/mol. The van der Waals surface area contributed by atoms with Crippen LogP contribution in [-0.2, 0) is 20.4 Å². The fourth-order valence-corrected chi connectivity index (χ4v) is 3.45. The molecule has 0 spiro atoms. The molecule has 106 valence electrons. The highest BCUT2D eigenvalue weighted by Crippen LogP contribution is 2.34. The average Bonchev–Trinajstić information content (AvgIpc) is 2.80. The highest BCUT2D eigenvalue weighted by atomic mass is 32.3. The smallest absolute Gasteiger partial charge is 0.287 e. The Morgan fingerprint density at radius 1 is 1.47 bits per heavy atom. The van der Waals surface area contributed by atoms with Gasteiger partial charge in [0.25, 0.3) is 0 Å². The molecule has 0 aromatic carbocycles. The second kappa shape index (κ2) is 4.52. The Hall–Kier alpha value is -1.02. The molecule has 19 heavy (non-hydrogen) atoms. The lowest BCUT2D eigenvalue weighted by Gasteiger charge is -2.15. The van der Waals surface area contributed by atoms with E-state index in [9.17, 15) is 17.1 Å². The molecule has 1 atom stereocenters. The molecule has 1 aromatic rings. The van der Waals surface area contributed by atoms with Crippen LogP contribution in [0, 0.1) is 0 Å². The van der Waals surface area contributed by atoms with E-state index in [2.05, 4.69) is 4.98 Å². The van der Waals surface area contributed by atoms with Crippen molar-refractivity contribution in [1.82, 2.24) is 4.98 Å². The first-order valence-corrected chi connectivity index (χ1v) is 8.05. The van der Waals surface area contributed by atoms with Crippen LogP contribution < -0.4 is 4.90 Å². The molecule has 1 saturated heterocycles. The second-order valence-corrected chi connectivity index (χ2v) is 8.19. The maximum Gasteiger partial charge on any atom is 0.307 e. The zero-order chi connectivity index (χ0) is 14.4. The van der Waals surface area contributed by atoms with E-state index in [4.69, 9.17) is 0 Å². The number of anilines is 1. The Bertz CT molecular complexity index is 604. The summed E-state index contributed by atoms with van der Waals surface area (Å²) in [6, 6.07) is 0. The van der Waals surface area contributed by atoms with Crippen molar-refractivity contribution in [1.29, 1.82) is 0 Å². The molecular formula is C11H15FN2O3S2. The lowest BCUT2D eigenvalue weighted by atomic mass is 9.96. The SMILES string of the molecule is CC(C)(C)c1cnc(N2CC(S(=O)(=O)F)CC2=O)s1. The van der Waals surface area contributed by atoms with E-state index < -0.39 is 21.4 Å². The second-order valence-electron chi connectivity index (χ2n) is 5.56. The van der Waals surface area contributed by atoms with Crippen LogP contribution in [-0.4, -0.2) is 31.1 Å². The number of thiazole rings is 1. The Balaban J connectivity index is 2.24. The first-order valence-electron chi connectivity index (χ1n) is 5.79. The van der Waals surface area contributed by atoms with Gasteiger partial charge in [-0.25, -0.2) is 4.98 Å². The summed E-state index contributed by atoms with van der Waals surface area (Å²) in [5.41, 5.74) is -0.0930. The van der Waals surface area contributed by atoms with E-state index in [-0.39, 0.29) is 18.4 Å². The van der Waals surface area contributed by atoms with Crippen LogP contribution in [0.3, 0.4) is 0 Å². The van der Waals surface area contributed by atoms with E-state index in [0.717, 1.165) is 4.88 Å². The zero-order valence-electron chi connectivity index (χ0n) is 10.9. The van der Waals surface area contributed by atoms with Gasteiger partial charge in [-0.3, -0.25) is 9.69 Å². The van der Waals surface area contributed by atoms with Crippen molar-refractivity contribution in [3.05, 3.63) is 11.1 Å². The summed E-state index contributed by atoms with van der Waals surface area (Å²) in [6.07, 6.45) is 1.35. The molecule has 1 fully saturated rings. The van der Waals surface area contributed by atoms with E-state index >= 15 is 0 Å². The maximum absolute atomic E-state index is 12.9. The van der Waals surface area contributed by atoms with E-state index in [1.54, 1.807) is 6.20 Å². The number of halogens is 1. The molecule has 0 bridgehead atoms. The Morgan fingerprint density at radius 2 is 2.11 bits per heavy atom. The molecule has 8 heteroatoms. The predicted molar refractivity (Wildman–Crippen MR) is 71.6 cm³/mol. The molecule has 1 aliphatic heterocycles. The molecule has 0 radical (unpaired) electrons. The van der Waals surface area contributed by atoms with Crippen LogP contribution in [0.4, 0.5) is 9.02 Å². The van der Waals surface area contributed by atoms with Crippen molar-refractivity contribution in [2.45, 2.75) is 37.9 Å². The van der Waals surface area contributed by atoms with Crippen LogP contribution in [0.2, 0.25) is 0 Å². The number of carbonyl (C=O) groups excluding carboxylic acids is 1. The van der Waals surface area contributed by atoms with Crippen molar-refractivity contribution >= 4 is 32.6 Å². The van der Waals surface area contributed by atoms with Gasteiger partial charge in [-0.1, -0.05) is 20.8 Å². The largest absolute Gasteiger partial charge is 0.307 e. The molecule has 5 nitrogen and oxygen atoms in total. The molecule has 0 saturated carbocycles. The number of nitrogens with zero attached hydrogens (tertiary/aromatic N) is 2. The summed E-state index contributed by atoms with van der Waals surface area (Å²) in [6.45, 7) is 5.90. The first kappa shape index (κ1) is 14.4. The Morgan fingerprint density at radius 3 is 2.53 bits per heavy atom. The molecular weight excluding hydrogens is 291 g/mol. The van der Waals surface area contributed by atoms with Gasteiger partial charge in [-0.05, 0) is 5.41 Å².